The van der Waals surface area contributed by atoms with Gasteiger partial charge in [0.25, 0.3) is 0 Å². The largest absolute Gasteiger partial charge is 0.507 e. The molecule has 1 saturated heterocycles. The van der Waals surface area contributed by atoms with Crippen molar-refractivity contribution in [3.63, 3.8) is 0 Å². The van der Waals surface area contributed by atoms with Crippen molar-refractivity contribution in [3.8, 4) is 11.5 Å². The number of fused-ring (bicyclic) bond motifs is 2. The van der Waals surface area contributed by atoms with Crippen molar-refractivity contribution < 1.29 is 33.6 Å². The standard InChI is InChI=1S/C22H28O7/c1-13-7-5-9-16(23)20-18(28-22(2,3)29-20)10-6-8-14-11-15(26-4)12-17(24)19(14)21(25)27-13/h5,9,11-13,18,20,24H,6-8,10H2,1-4H3/b9-5-/t13?,18?,20-/m1/s1. The van der Waals surface area contributed by atoms with Crippen LogP contribution in [0.3, 0.4) is 0 Å². The Morgan fingerprint density at radius 1 is 1.21 bits per heavy atom. The maximum absolute atomic E-state index is 12.7. The van der Waals surface area contributed by atoms with Crippen molar-refractivity contribution in [3.05, 3.63) is 35.4 Å². The number of hydrogen-bond acceptors (Lipinski definition) is 7. The molecule has 3 rings (SSSR count). The summed E-state index contributed by atoms with van der Waals surface area (Å²) in [6.07, 6.45) is 3.68. The highest BCUT2D eigenvalue weighted by molar-refractivity contribution is 5.95. The molecule has 0 spiro atoms. The van der Waals surface area contributed by atoms with E-state index in [0.717, 1.165) is 0 Å². The molecule has 2 unspecified atom stereocenters. The molecule has 2 aliphatic heterocycles. The van der Waals surface area contributed by atoms with Gasteiger partial charge in [-0.25, -0.2) is 4.79 Å². The molecule has 7 nitrogen and oxygen atoms in total. The molecule has 0 bridgehead atoms. The number of rotatable bonds is 1. The van der Waals surface area contributed by atoms with E-state index in [-0.39, 0.29) is 23.2 Å². The van der Waals surface area contributed by atoms with Crippen LogP contribution in [0.1, 0.15) is 56.0 Å². The van der Waals surface area contributed by atoms with E-state index in [1.165, 1.54) is 19.3 Å². The summed E-state index contributed by atoms with van der Waals surface area (Å²) in [6, 6.07) is 3.13. The molecule has 1 aromatic carbocycles. The number of phenols is 1. The summed E-state index contributed by atoms with van der Waals surface area (Å²) in [5, 5.41) is 10.4. The Hall–Kier alpha value is -2.38. The van der Waals surface area contributed by atoms with Crippen molar-refractivity contribution >= 4 is 11.8 Å². The van der Waals surface area contributed by atoms with Gasteiger partial charge in [0.1, 0.15) is 29.3 Å². The quantitative estimate of drug-likeness (QED) is 0.718. The van der Waals surface area contributed by atoms with E-state index in [9.17, 15) is 14.7 Å². The SMILES string of the molecule is COc1cc(O)c2c(c1)CCCC1OC(C)(C)O[C@@H]1C(=O)/C=C\CC(C)OC2=O. The number of ketones is 1. The number of aromatic hydroxyl groups is 1. The summed E-state index contributed by atoms with van der Waals surface area (Å²) >= 11 is 0. The molecule has 0 aliphatic carbocycles. The number of ether oxygens (including phenoxy) is 4. The van der Waals surface area contributed by atoms with Crippen molar-refractivity contribution in [1.82, 2.24) is 0 Å². The van der Waals surface area contributed by atoms with Gasteiger partial charge in [0.2, 0.25) is 0 Å². The van der Waals surface area contributed by atoms with Crippen molar-refractivity contribution in [2.45, 2.75) is 70.6 Å². The fraction of sp³-hybridized carbons (Fsp3) is 0.545. The second-order valence-electron chi connectivity index (χ2n) is 7.92. The lowest BCUT2D eigenvalue weighted by molar-refractivity contribution is -0.153. The van der Waals surface area contributed by atoms with Crippen LogP contribution in [0.15, 0.2) is 24.3 Å². The first kappa shape index (κ1) is 21.3. The molecule has 2 aliphatic rings. The van der Waals surface area contributed by atoms with Gasteiger partial charge in [0.05, 0.1) is 13.2 Å². The van der Waals surface area contributed by atoms with Crippen LogP contribution in [0.25, 0.3) is 0 Å². The molecule has 3 atom stereocenters. The molecule has 2 heterocycles. The van der Waals surface area contributed by atoms with Crippen LogP contribution in [0, 0.1) is 0 Å². The Morgan fingerprint density at radius 2 is 1.97 bits per heavy atom. The van der Waals surface area contributed by atoms with Gasteiger partial charge in [-0.2, -0.15) is 0 Å². The monoisotopic (exact) mass is 404 g/mol. The minimum Gasteiger partial charge on any atom is -0.507 e. The topological polar surface area (TPSA) is 91.3 Å². The normalized spacial score (nSPS) is 28.6. The number of phenolic OH excluding ortho intramolecular Hbond substituents is 1. The minimum absolute atomic E-state index is 0.148. The maximum Gasteiger partial charge on any atom is 0.342 e. The van der Waals surface area contributed by atoms with E-state index in [1.54, 1.807) is 32.9 Å². The summed E-state index contributed by atoms with van der Waals surface area (Å²) < 4.78 is 22.5. The van der Waals surface area contributed by atoms with Crippen LogP contribution in [-0.2, 0) is 25.4 Å². The van der Waals surface area contributed by atoms with Gasteiger partial charge in [-0.05, 0) is 57.7 Å². The summed E-state index contributed by atoms with van der Waals surface area (Å²) in [4.78, 5) is 25.3. The number of methoxy groups -OCH3 is 1. The Kier molecular flexibility index (Phi) is 6.29. The smallest absolute Gasteiger partial charge is 0.342 e. The Labute approximate surface area is 170 Å². The number of carbonyl (C=O) groups excluding carboxylic acids is 2. The van der Waals surface area contributed by atoms with Crippen molar-refractivity contribution in [1.29, 1.82) is 0 Å². The second-order valence-corrected chi connectivity index (χ2v) is 7.92. The van der Waals surface area contributed by atoms with Crippen LogP contribution in [0.2, 0.25) is 0 Å². The summed E-state index contributed by atoms with van der Waals surface area (Å²) in [7, 11) is 1.50. The fourth-order valence-electron chi connectivity index (χ4n) is 3.75. The number of benzene rings is 1. The van der Waals surface area contributed by atoms with Crippen LogP contribution >= 0.6 is 0 Å². The first-order valence-electron chi connectivity index (χ1n) is 9.87. The lowest BCUT2D eigenvalue weighted by Gasteiger charge is -2.18. The van der Waals surface area contributed by atoms with Gasteiger partial charge in [-0.3, -0.25) is 4.79 Å². The second kappa shape index (κ2) is 8.55. The van der Waals surface area contributed by atoms with Gasteiger partial charge in [-0.1, -0.05) is 6.08 Å². The molecule has 0 saturated carbocycles. The molecule has 1 fully saturated rings. The molecule has 29 heavy (non-hydrogen) atoms. The van der Waals surface area contributed by atoms with Crippen LogP contribution in [0.4, 0.5) is 0 Å². The zero-order valence-electron chi connectivity index (χ0n) is 17.3. The highest BCUT2D eigenvalue weighted by Gasteiger charge is 2.43. The molecule has 0 radical (unpaired) electrons. The summed E-state index contributed by atoms with van der Waals surface area (Å²) in [5.41, 5.74) is 0.780. The fourth-order valence-corrected chi connectivity index (χ4v) is 3.75. The highest BCUT2D eigenvalue weighted by Crippen LogP contribution is 2.34. The van der Waals surface area contributed by atoms with Gasteiger partial charge in [-0.15, -0.1) is 0 Å². The van der Waals surface area contributed by atoms with Crippen LogP contribution in [0.5, 0.6) is 11.5 Å². The number of hydrogen-bond donors (Lipinski definition) is 1. The zero-order chi connectivity index (χ0) is 21.2. The molecule has 158 valence electrons. The number of cyclic esters (lactones) is 1. The van der Waals surface area contributed by atoms with E-state index >= 15 is 0 Å². The van der Waals surface area contributed by atoms with E-state index < -0.39 is 24.0 Å². The lowest BCUT2D eigenvalue weighted by atomic mass is 9.97. The third-order valence-corrected chi connectivity index (χ3v) is 5.07. The van der Waals surface area contributed by atoms with Gasteiger partial charge >= 0.3 is 5.97 Å². The molecular formula is C22H28O7. The number of esters is 1. The van der Waals surface area contributed by atoms with E-state index in [0.29, 0.717) is 37.0 Å². The molecule has 7 heteroatoms. The van der Waals surface area contributed by atoms with Crippen LogP contribution < -0.4 is 4.74 Å². The van der Waals surface area contributed by atoms with E-state index in [1.807, 2.05) is 0 Å². The molecule has 1 aromatic rings. The van der Waals surface area contributed by atoms with Gasteiger partial charge in [0.15, 0.2) is 11.6 Å². The Morgan fingerprint density at radius 3 is 2.69 bits per heavy atom. The molecular weight excluding hydrogens is 376 g/mol. The first-order chi connectivity index (χ1) is 13.7. The minimum atomic E-state index is -0.835. The zero-order valence-corrected chi connectivity index (χ0v) is 17.3. The van der Waals surface area contributed by atoms with Gasteiger partial charge in [0, 0.05) is 12.5 Å². The van der Waals surface area contributed by atoms with Crippen molar-refractivity contribution in [2.24, 2.45) is 0 Å². The maximum atomic E-state index is 12.7. The molecule has 0 aromatic heterocycles. The Bertz CT molecular complexity index is 812. The average molecular weight is 404 g/mol. The number of aryl methyl sites for hydroxylation is 1. The van der Waals surface area contributed by atoms with Gasteiger partial charge < -0.3 is 24.1 Å². The molecule has 1 N–H and O–H groups in total. The van der Waals surface area contributed by atoms with E-state index in [4.69, 9.17) is 18.9 Å². The third-order valence-electron chi connectivity index (χ3n) is 5.07. The molecule has 0 amide bonds. The van der Waals surface area contributed by atoms with Crippen LogP contribution in [-0.4, -0.2) is 48.1 Å². The number of carbonyl (C=O) groups is 2. The first-order valence-corrected chi connectivity index (χ1v) is 9.87. The van der Waals surface area contributed by atoms with Crippen molar-refractivity contribution in [2.75, 3.05) is 7.11 Å². The lowest BCUT2D eigenvalue weighted by Crippen LogP contribution is -2.30. The predicted octanol–water partition coefficient (Wildman–Crippen LogP) is 3.32. The summed E-state index contributed by atoms with van der Waals surface area (Å²) in [6.45, 7) is 5.32. The summed E-state index contributed by atoms with van der Waals surface area (Å²) in [5.74, 6) is -1.30. The average Bonchev–Trinajstić information content (AvgIpc) is 2.95. The highest BCUT2D eigenvalue weighted by atomic mass is 16.8. The Balaban J connectivity index is 1.93. The third kappa shape index (κ3) is 4.97. The van der Waals surface area contributed by atoms with E-state index in [2.05, 4.69) is 0 Å². The predicted molar refractivity (Wildman–Crippen MR) is 105 cm³/mol.